The van der Waals surface area contributed by atoms with Crippen LogP contribution in [0.2, 0.25) is 10.0 Å². The van der Waals surface area contributed by atoms with Gasteiger partial charge in [0.25, 0.3) is 5.91 Å². The van der Waals surface area contributed by atoms with Crippen molar-refractivity contribution in [2.24, 2.45) is 0 Å². The smallest absolute Gasteiger partial charge is 0.251 e. The summed E-state index contributed by atoms with van der Waals surface area (Å²) in [6.07, 6.45) is 0. The summed E-state index contributed by atoms with van der Waals surface area (Å²) in [6.45, 7) is 3.05. The summed E-state index contributed by atoms with van der Waals surface area (Å²) < 4.78 is 27.2. The van der Waals surface area contributed by atoms with Crippen molar-refractivity contribution >= 4 is 39.1 Å². The minimum absolute atomic E-state index is 0.188. The number of amides is 1. The Morgan fingerprint density at radius 3 is 2.32 bits per heavy atom. The van der Waals surface area contributed by atoms with Crippen molar-refractivity contribution < 1.29 is 13.2 Å². The highest BCUT2D eigenvalue weighted by molar-refractivity contribution is 7.89. The van der Waals surface area contributed by atoms with Gasteiger partial charge in [-0.05, 0) is 47.5 Å². The van der Waals surface area contributed by atoms with Crippen LogP contribution >= 0.6 is 23.2 Å². The Morgan fingerprint density at radius 1 is 0.882 bits per heavy atom. The monoisotopic (exact) mass is 517 g/mol. The molecule has 0 aromatic heterocycles. The van der Waals surface area contributed by atoms with E-state index in [-0.39, 0.29) is 5.91 Å². The lowest BCUT2D eigenvalue weighted by Crippen LogP contribution is -2.48. The topological polar surface area (TPSA) is 69.7 Å². The number of hydrogen-bond donors (Lipinski definition) is 1. The van der Waals surface area contributed by atoms with Gasteiger partial charge in [0.1, 0.15) is 0 Å². The van der Waals surface area contributed by atoms with Crippen LogP contribution in [0.3, 0.4) is 0 Å². The van der Waals surface area contributed by atoms with Crippen molar-refractivity contribution in [3.8, 4) is 0 Å². The second-order valence-electron chi connectivity index (χ2n) is 8.11. The Bertz CT molecular complexity index is 1260. The van der Waals surface area contributed by atoms with Crippen molar-refractivity contribution in [1.82, 2.24) is 14.5 Å². The van der Waals surface area contributed by atoms with E-state index < -0.39 is 10.0 Å². The largest absolute Gasteiger partial charge is 0.348 e. The van der Waals surface area contributed by atoms with E-state index in [2.05, 4.69) is 10.2 Å². The van der Waals surface area contributed by atoms with Gasteiger partial charge in [0.05, 0.1) is 4.90 Å². The van der Waals surface area contributed by atoms with Crippen LogP contribution in [0, 0.1) is 0 Å². The van der Waals surface area contributed by atoms with E-state index >= 15 is 0 Å². The number of rotatable bonds is 7. The van der Waals surface area contributed by atoms with Crippen LogP contribution in [-0.2, 0) is 23.1 Å². The maximum Gasteiger partial charge on any atom is 0.251 e. The second kappa shape index (κ2) is 10.9. The van der Waals surface area contributed by atoms with Gasteiger partial charge in [0.2, 0.25) is 10.0 Å². The average molecular weight is 518 g/mol. The molecule has 34 heavy (non-hydrogen) atoms. The molecule has 0 aliphatic carbocycles. The normalized spacial score (nSPS) is 15.2. The van der Waals surface area contributed by atoms with Crippen molar-refractivity contribution in [3.05, 3.63) is 99.5 Å². The maximum atomic E-state index is 12.8. The highest BCUT2D eigenvalue weighted by Gasteiger charge is 2.28. The molecule has 1 amide bonds. The third-order valence-electron chi connectivity index (χ3n) is 5.76. The molecule has 1 aliphatic rings. The fraction of sp³-hybridized carbons (Fsp3) is 0.240. The molecule has 6 nitrogen and oxygen atoms in total. The summed E-state index contributed by atoms with van der Waals surface area (Å²) in [5, 5.41) is 3.95. The number of sulfonamides is 1. The van der Waals surface area contributed by atoms with Crippen molar-refractivity contribution in [2.45, 2.75) is 18.0 Å². The summed E-state index contributed by atoms with van der Waals surface area (Å²) in [7, 11) is -3.47. The lowest BCUT2D eigenvalue weighted by atomic mass is 10.1. The lowest BCUT2D eigenvalue weighted by molar-refractivity contribution is 0.0950. The van der Waals surface area contributed by atoms with E-state index in [4.69, 9.17) is 23.2 Å². The molecule has 178 valence electrons. The van der Waals surface area contributed by atoms with Crippen molar-refractivity contribution in [3.63, 3.8) is 0 Å². The molecule has 1 aliphatic heterocycles. The van der Waals surface area contributed by atoms with Gasteiger partial charge in [-0.15, -0.1) is 0 Å². The van der Waals surface area contributed by atoms with E-state index in [1.807, 2.05) is 18.2 Å². The number of halogens is 2. The number of hydrogen-bond acceptors (Lipinski definition) is 4. The van der Waals surface area contributed by atoms with E-state index in [1.165, 1.54) is 4.31 Å². The Kier molecular flexibility index (Phi) is 7.91. The van der Waals surface area contributed by atoms with Gasteiger partial charge in [-0.25, -0.2) is 8.42 Å². The second-order valence-corrected chi connectivity index (χ2v) is 10.9. The minimum atomic E-state index is -3.47. The van der Waals surface area contributed by atoms with Gasteiger partial charge < -0.3 is 5.32 Å². The fourth-order valence-electron chi connectivity index (χ4n) is 3.88. The highest BCUT2D eigenvalue weighted by Crippen LogP contribution is 2.21. The minimum Gasteiger partial charge on any atom is -0.348 e. The van der Waals surface area contributed by atoms with Crippen LogP contribution in [0.15, 0.2) is 77.7 Å². The van der Waals surface area contributed by atoms with Crippen LogP contribution < -0.4 is 5.32 Å². The van der Waals surface area contributed by atoms with E-state index in [0.717, 1.165) is 11.1 Å². The molecule has 1 N–H and O–H groups in total. The molecule has 0 radical (unpaired) electrons. The van der Waals surface area contributed by atoms with E-state index in [0.29, 0.717) is 59.8 Å². The first-order valence-corrected chi connectivity index (χ1v) is 13.1. The molecule has 4 rings (SSSR count). The molecule has 3 aromatic rings. The van der Waals surface area contributed by atoms with Crippen molar-refractivity contribution in [2.75, 3.05) is 26.2 Å². The molecule has 9 heteroatoms. The molecular weight excluding hydrogens is 493 g/mol. The predicted molar refractivity (Wildman–Crippen MR) is 135 cm³/mol. The summed E-state index contributed by atoms with van der Waals surface area (Å²) in [6, 6.07) is 21.2. The van der Waals surface area contributed by atoms with Gasteiger partial charge in [-0.1, -0.05) is 59.6 Å². The van der Waals surface area contributed by atoms with Gasteiger partial charge in [0.15, 0.2) is 0 Å². The molecule has 0 spiro atoms. The number of carbonyl (C=O) groups excluding carboxylic acids is 1. The Labute approximate surface area is 210 Å². The van der Waals surface area contributed by atoms with Crippen LogP contribution in [-0.4, -0.2) is 49.7 Å². The van der Waals surface area contributed by atoms with Crippen LogP contribution in [0.1, 0.15) is 21.5 Å². The third-order valence-corrected chi connectivity index (χ3v) is 8.26. The SMILES string of the molecule is O=C(NCc1ccc(Cl)cc1Cl)c1cccc(CN2CCN(S(=O)(=O)c3ccccc3)CC2)c1. The molecule has 0 unspecified atom stereocenters. The van der Waals surface area contributed by atoms with Crippen LogP contribution in [0.25, 0.3) is 0 Å². The first-order valence-electron chi connectivity index (χ1n) is 10.9. The average Bonchev–Trinajstić information content (AvgIpc) is 2.84. The number of nitrogens with one attached hydrogen (secondary N) is 1. The molecular formula is C25H25Cl2N3O3S. The van der Waals surface area contributed by atoms with Gasteiger partial charge >= 0.3 is 0 Å². The fourth-order valence-corrected chi connectivity index (χ4v) is 5.80. The maximum absolute atomic E-state index is 12.8. The molecule has 1 heterocycles. The molecule has 1 saturated heterocycles. The van der Waals surface area contributed by atoms with Gasteiger partial charge in [-0.2, -0.15) is 4.31 Å². The first kappa shape index (κ1) is 24.7. The third kappa shape index (κ3) is 5.98. The summed E-state index contributed by atoms with van der Waals surface area (Å²) in [4.78, 5) is 15.2. The summed E-state index contributed by atoms with van der Waals surface area (Å²) >= 11 is 12.1. The quantitative estimate of drug-likeness (QED) is 0.503. The van der Waals surface area contributed by atoms with E-state index in [9.17, 15) is 13.2 Å². The molecule has 3 aromatic carbocycles. The Morgan fingerprint density at radius 2 is 1.62 bits per heavy atom. The van der Waals surface area contributed by atoms with E-state index in [1.54, 1.807) is 54.6 Å². The number of piperazine rings is 1. The standard InChI is InChI=1S/C25H25Cl2N3O3S/c26-22-10-9-21(24(27)16-22)17-28-25(31)20-6-4-5-19(15-20)18-29-11-13-30(14-12-29)34(32,33)23-7-2-1-3-8-23/h1-10,15-16H,11-14,17-18H2,(H,28,31). The van der Waals surface area contributed by atoms with Gasteiger partial charge in [0, 0.05) is 54.9 Å². The summed E-state index contributed by atoms with van der Waals surface area (Å²) in [5.74, 6) is -0.188. The zero-order valence-electron chi connectivity index (χ0n) is 18.5. The number of nitrogens with zero attached hydrogens (tertiary/aromatic N) is 2. The zero-order valence-corrected chi connectivity index (χ0v) is 20.8. The summed E-state index contributed by atoms with van der Waals surface area (Å²) in [5.41, 5.74) is 2.35. The van der Waals surface area contributed by atoms with Crippen LogP contribution in [0.4, 0.5) is 0 Å². The van der Waals surface area contributed by atoms with Crippen molar-refractivity contribution in [1.29, 1.82) is 0 Å². The lowest BCUT2D eigenvalue weighted by Gasteiger charge is -2.34. The predicted octanol–water partition coefficient (Wildman–Crippen LogP) is 4.43. The van der Waals surface area contributed by atoms with Gasteiger partial charge in [-0.3, -0.25) is 9.69 Å². The molecule has 0 bridgehead atoms. The number of carbonyl (C=O) groups is 1. The van der Waals surface area contributed by atoms with Crippen LogP contribution in [0.5, 0.6) is 0 Å². The first-order chi connectivity index (χ1) is 16.3. The Balaban J connectivity index is 1.33. The molecule has 0 atom stereocenters. The number of benzene rings is 3. The highest BCUT2D eigenvalue weighted by atomic mass is 35.5. The molecule has 1 fully saturated rings. The Hall–Kier alpha value is -2.42. The zero-order chi connectivity index (χ0) is 24.1. The molecule has 0 saturated carbocycles.